The largest absolute Gasteiger partial charge is 0.465 e. The van der Waals surface area contributed by atoms with Crippen molar-refractivity contribution < 1.29 is 9.90 Å². The van der Waals surface area contributed by atoms with Gasteiger partial charge in [-0.1, -0.05) is 25.1 Å². The summed E-state index contributed by atoms with van der Waals surface area (Å²) in [5, 5.41) is 17.4. The standard InChI is InChI=1S/C20H22N4O3/c1-3-16(22-20(26)27)17-9-12-5-4-6-15(13-10-21-23(2)11-13)18(12)19(25)24(17)14-7-8-14/h4-6,9-11,14,16,22H,3,7-8H2,1-2H3,(H,26,27). The number of aromatic nitrogens is 3. The number of amides is 1. The quantitative estimate of drug-likeness (QED) is 0.724. The molecule has 0 bridgehead atoms. The van der Waals surface area contributed by atoms with Crippen LogP contribution in [0.5, 0.6) is 0 Å². The molecule has 1 amide bonds. The molecule has 1 atom stereocenters. The van der Waals surface area contributed by atoms with Crippen LogP contribution in [0.25, 0.3) is 21.9 Å². The van der Waals surface area contributed by atoms with Crippen LogP contribution < -0.4 is 10.9 Å². The summed E-state index contributed by atoms with van der Waals surface area (Å²) in [5.74, 6) is 0. The van der Waals surface area contributed by atoms with Crippen LogP contribution in [0.4, 0.5) is 4.79 Å². The molecule has 1 fully saturated rings. The smallest absolute Gasteiger partial charge is 0.405 e. The first-order valence-electron chi connectivity index (χ1n) is 9.16. The van der Waals surface area contributed by atoms with Gasteiger partial charge in [0.25, 0.3) is 5.56 Å². The lowest BCUT2D eigenvalue weighted by Gasteiger charge is -2.22. The summed E-state index contributed by atoms with van der Waals surface area (Å²) < 4.78 is 3.51. The molecule has 140 valence electrons. The Kier molecular flexibility index (Phi) is 4.22. The molecule has 0 aliphatic heterocycles. The number of nitrogens with one attached hydrogen (secondary N) is 1. The number of rotatable bonds is 5. The highest BCUT2D eigenvalue weighted by atomic mass is 16.4. The van der Waals surface area contributed by atoms with E-state index in [0.29, 0.717) is 11.8 Å². The van der Waals surface area contributed by atoms with E-state index >= 15 is 0 Å². The first kappa shape index (κ1) is 17.3. The van der Waals surface area contributed by atoms with E-state index in [-0.39, 0.29) is 11.6 Å². The number of pyridine rings is 1. The normalized spacial score (nSPS) is 15.0. The van der Waals surface area contributed by atoms with Gasteiger partial charge in [-0.15, -0.1) is 0 Å². The molecule has 27 heavy (non-hydrogen) atoms. The van der Waals surface area contributed by atoms with Crippen molar-refractivity contribution in [2.24, 2.45) is 7.05 Å². The van der Waals surface area contributed by atoms with E-state index in [0.717, 1.165) is 35.0 Å². The van der Waals surface area contributed by atoms with Gasteiger partial charge in [-0.05, 0) is 36.3 Å². The average molecular weight is 366 g/mol. The Bertz CT molecular complexity index is 1080. The maximum Gasteiger partial charge on any atom is 0.405 e. The zero-order valence-electron chi connectivity index (χ0n) is 15.3. The van der Waals surface area contributed by atoms with Crippen LogP contribution in [0.3, 0.4) is 0 Å². The van der Waals surface area contributed by atoms with Crippen LogP contribution in [-0.2, 0) is 7.05 Å². The van der Waals surface area contributed by atoms with Gasteiger partial charge in [0.2, 0.25) is 0 Å². The predicted molar refractivity (Wildman–Crippen MR) is 103 cm³/mol. The molecule has 1 aromatic carbocycles. The van der Waals surface area contributed by atoms with Crippen molar-refractivity contribution in [2.75, 3.05) is 0 Å². The van der Waals surface area contributed by atoms with Crippen LogP contribution in [-0.4, -0.2) is 25.5 Å². The number of carbonyl (C=O) groups is 1. The van der Waals surface area contributed by atoms with Gasteiger partial charge >= 0.3 is 6.09 Å². The van der Waals surface area contributed by atoms with Gasteiger partial charge in [0.15, 0.2) is 0 Å². The van der Waals surface area contributed by atoms with Gasteiger partial charge in [-0.2, -0.15) is 5.10 Å². The molecule has 4 rings (SSSR count). The molecule has 7 heteroatoms. The third-order valence-corrected chi connectivity index (χ3v) is 5.10. The lowest BCUT2D eigenvalue weighted by Crippen LogP contribution is -2.32. The molecule has 1 unspecified atom stereocenters. The van der Waals surface area contributed by atoms with Gasteiger partial charge < -0.3 is 15.0 Å². The minimum Gasteiger partial charge on any atom is -0.465 e. The number of hydrogen-bond donors (Lipinski definition) is 2. The zero-order chi connectivity index (χ0) is 19.1. The van der Waals surface area contributed by atoms with Gasteiger partial charge in [0.1, 0.15) is 0 Å². The zero-order valence-corrected chi connectivity index (χ0v) is 15.3. The van der Waals surface area contributed by atoms with Gasteiger partial charge in [-0.3, -0.25) is 9.48 Å². The van der Waals surface area contributed by atoms with Crippen molar-refractivity contribution in [3.8, 4) is 11.1 Å². The van der Waals surface area contributed by atoms with E-state index < -0.39 is 12.1 Å². The van der Waals surface area contributed by atoms with Crippen molar-refractivity contribution in [1.29, 1.82) is 0 Å². The lowest BCUT2D eigenvalue weighted by atomic mass is 9.99. The molecule has 0 radical (unpaired) electrons. The van der Waals surface area contributed by atoms with Crippen LogP contribution in [0.2, 0.25) is 0 Å². The Labute approximate surface area is 156 Å². The Hall–Kier alpha value is -3.09. The van der Waals surface area contributed by atoms with Gasteiger partial charge in [0, 0.05) is 30.5 Å². The molecule has 0 spiro atoms. The minimum atomic E-state index is -1.08. The summed E-state index contributed by atoms with van der Waals surface area (Å²) in [6, 6.07) is 7.45. The average Bonchev–Trinajstić information content (AvgIpc) is 3.38. The number of aryl methyl sites for hydroxylation is 1. The number of nitrogens with zero attached hydrogens (tertiary/aromatic N) is 3. The summed E-state index contributed by atoms with van der Waals surface area (Å²) in [5.41, 5.74) is 2.43. The highest BCUT2D eigenvalue weighted by Gasteiger charge is 2.30. The predicted octanol–water partition coefficient (Wildman–Crippen LogP) is 3.46. The highest BCUT2D eigenvalue weighted by Crippen LogP contribution is 2.38. The number of fused-ring (bicyclic) bond motifs is 1. The first-order chi connectivity index (χ1) is 13.0. The van der Waals surface area contributed by atoms with Gasteiger partial charge in [0.05, 0.1) is 17.6 Å². The fourth-order valence-corrected chi connectivity index (χ4v) is 3.71. The second kappa shape index (κ2) is 6.57. The van der Waals surface area contributed by atoms with Crippen LogP contribution in [0.1, 0.15) is 44.0 Å². The van der Waals surface area contributed by atoms with Gasteiger partial charge in [-0.25, -0.2) is 4.79 Å². The monoisotopic (exact) mass is 366 g/mol. The fourth-order valence-electron chi connectivity index (χ4n) is 3.71. The third kappa shape index (κ3) is 3.09. The first-order valence-corrected chi connectivity index (χ1v) is 9.16. The second-order valence-corrected chi connectivity index (χ2v) is 7.06. The maximum absolute atomic E-state index is 13.5. The molecule has 3 aromatic rings. The molecular weight excluding hydrogens is 344 g/mol. The van der Waals surface area contributed by atoms with Crippen LogP contribution >= 0.6 is 0 Å². The molecule has 1 aliphatic rings. The summed E-state index contributed by atoms with van der Waals surface area (Å²) in [6.45, 7) is 1.92. The Balaban J connectivity index is 1.98. The minimum absolute atomic E-state index is 0.0601. The van der Waals surface area contributed by atoms with Crippen molar-refractivity contribution in [1.82, 2.24) is 19.7 Å². The van der Waals surface area contributed by atoms with Crippen molar-refractivity contribution in [3.05, 3.63) is 52.7 Å². The SMILES string of the molecule is CCC(NC(=O)O)c1cc2cccc(-c3cnn(C)c3)c2c(=O)n1C1CC1. The van der Waals surface area contributed by atoms with E-state index in [1.807, 2.05) is 44.4 Å². The molecular formula is C20H22N4O3. The fraction of sp³-hybridized carbons (Fsp3) is 0.350. The highest BCUT2D eigenvalue weighted by molar-refractivity contribution is 5.96. The van der Waals surface area contributed by atoms with E-state index in [4.69, 9.17) is 0 Å². The Morgan fingerprint density at radius 1 is 1.41 bits per heavy atom. The van der Waals surface area contributed by atoms with Crippen molar-refractivity contribution >= 4 is 16.9 Å². The summed E-state index contributed by atoms with van der Waals surface area (Å²) >= 11 is 0. The third-order valence-electron chi connectivity index (χ3n) is 5.10. The molecule has 2 N–H and O–H groups in total. The number of benzene rings is 1. The molecule has 7 nitrogen and oxygen atoms in total. The molecule has 2 heterocycles. The van der Waals surface area contributed by atoms with E-state index in [9.17, 15) is 14.7 Å². The molecule has 1 aliphatic carbocycles. The number of hydrogen-bond acceptors (Lipinski definition) is 3. The second-order valence-electron chi connectivity index (χ2n) is 7.06. The summed E-state index contributed by atoms with van der Waals surface area (Å²) in [4.78, 5) is 24.7. The molecule has 0 saturated heterocycles. The number of carboxylic acid groups (broad SMARTS) is 1. The van der Waals surface area contributed by atoms with Crippen molar-refractivity contribution in [3.63, 3.8) is 0 Å². The van der Waals surface area contributed by atoms with Crippen LogP contribution in [0.15, 0.2) is 41.5 Å². The van der Waals surface area contributed by atoms with E-state index in [1.54, 1.807) is 15.4 Å². The van der Waals surface area contributed by atoms with E-state index in [2.05, 4.69) is 10.4 Å². The lowest BCUT2D eigenvalue weighted by molar-refractivity contribution is 0.189. The van der Waals surface area contributed by atoms with Crippen LogP contribution in [0, 0.1) is 0 Å². The summed E-state index contributed by atoms with van der Waals surface area (Å²) in [6.07, 6.45) is 5.02. The summed E-state index contributed by atoms with van der Waals surface area (Å²) in [7, 11) is 1.85. The topological polar surface area (TPSA) is 89.2 Å². The molecule has 2 aromatic heterocycles. The molecule has 1 saturated carbocycles. The van der Waals surface area contributed by atoms with Crippen molar-refractivity contribution in [2.45, 2.75) is 38.3 Å². The Morgan fingerprint density at radius 2 is 2.19 bits per heavy atom. The maximum atomic E-state index is 13.5. The Morgan fingerprint density at radius 3 is 2.78 bits per heavy atom. The van der Waals surface area contributed by atoms with E-state index in [1.165, 1.54) is 0 Å².